The molecule has 0 radical (unpaired) electrons. The van der Waals surface area contributed by atoms with E-state index in [-0.39, 0.29) is 56.9 Å². The average Bonchev–Trinajstić information content (AvgIpc) is 0.763. The summed E-state index contributed by atoms with van der Waals surface area (Å²) in [5.41, 5.74) is 9.00. The minimum Gasteiger partial charge on any atom is -0.508 e. The first-order chi connectivity index (χ1) is 53.4. The van der Waals surface area contributed by atoms with Gasteiger partial charge in [-0.25, -0.2) is 0 Å². The third kappa shape index (κ3) is 18.5. The second kappa shape index (κ2) is 34.6. The van der Waals surface area contributed by atoms with E-state index in [0.717, 1.165) is 72.3 Å². The van der Waals surface area contributed by atoms with Crippen molar-refractivity contribution in [2.24, 2.45) is 17.4 Å². The molecule has 6 aromatic rings. The van der Waals surface area contributed by atoms with Crippen LogP contribution in [0.2, 0.25) is 15.1 Å². The Labute approximate surface area is 659 Å². The lowest BCUT2D eigenvalue weighted by Gasteiger charge is -2.47. The summed E-state index contributed by atoms with van der Waals surface area (Å²) < 4.78 is 38.6. The normalized spacial score (nSPS) is 27.5. The third-order valence-electron chi connectivity index (χ3n) is 19.6. The van der Waals surface area contributed by atoms with E-state index < -0.39 is 250 Å². The van der Waals surface area contributed by atoms with Gasteiger partial charge in [-0.3, -0.25) is 43.2 Å². The zero-order valence-electron chi connectivity index (χ0n) is 61.1. The van der Waals surface area contributed by atoms with E-state index >= 15 is 19.2 Å². The van der Waals surface area contributed by atoms with Gasteiger partial charge in [0.05, 0.1) is 58.6 Å². The summed E-state index contributed by atoms with van der Waals surface area (Å²) in [5, 5.41) is 127. The Kier molecular flexibility index (Phi) is 25.7. The van der Waals surface area contributed by atoms with Crippen LogP contribution >= 0.6 is 34.8 Å². The standard InChI is InChI=1S/C75H84Cl3N11O24/c1-28(2)15-42(81-6)67(101)88-58-60(96)32-9-13-46(39(77)18-32)109-48-20-34-21-49(64(48)113-74-65(63(99)62(98)50(27-90)111-74)112-53-25-75(5,80)66(100)30(4)108-53)110-47-14-10-33(19-40(47)78)61(97)59-73(107)87-57(69(103)82-26-52(95)83-41-11-7-29(3)16-38(41)76)37-22-35(91)23-45(93)54(37)36-17-31(8-12-44(36)92)55(70(104)89-59)86-71(105)56(34)85-68(102)43(24-51(79)94)84-72(58)106/h7-14,16-23,28,30,42-43,50,53,55-63,65-66,74,81,90-93,96-100H,15,24-27,80H2,1-6H3,(H2,79,94)(H,82,103)(H,83,95)(H,84,106)(H,85,102)(H,86,105)(H,87,107)(H,88,101)(H,89,104). The second-order valence-corrected chi connectivity index (χ2v) is 29.8. The number of amides is 9. The molecular weight excluding hydrogens is 1550 g/mol. The molecule has 22 N–H and O–H groups in total. The first-order valence-electron chi connectivity index (χ1n) is 35.5. The molecule has 11 bridgehead atoms. The zero-order valence-corrected chi connectivity index (χ0v) is 63.4. The van der Waals surface area contributed by atoms with Crippen molar-refractivity contribution in [3.63, 3.8) is 0 Å². The first kappa shape index (κ1) is 83.7. The number of nitrogens with one attached hydrogen (secondary N) is 9. The van der Waals surface area contributed by atoms with E-state index in [2.05, 4.69) is 47.9 Å². The molecule has 9 amide bonds. The van der Waals surface area contributed by atoms with Gasteiger partial charge in [-0.2, -0.15) is 0 Å². The van der Waals surface area contributed by atoms with Gasteiger partial charge in [-0.05, 0) is 140 Å². The summed E-state index contributed by atoms with van der Waals surface area (Å²) in [6.45, 7) is 6.56. The van der Waals surface area contributed by atoms with Crippen molar-refractivity contribution < 1.29 is 118 Å². The van der Waals surface area contributed by atoms with Crippen LogP contribution in [0.15, 0.2) is 97.1 Å². The fourth-order valence-corrected chi connectivity index (χ4v) is 14.4. The third-order valence-corrected chi connectivity index (χ3v) is 20.5. The van der Waals surface area contributed by atoms with Gasteiger partial charge >= 0.3 is 0 Å². The quantitative estimate of drug-likeness (QED) is 0.0656. The first-order valence-corrected chi connectivity index (χ1v) is 36.6. The average molecular weight is 1630 g/mol. The maximum atomic E-state index is 16.2. The molecule has 113 heavy (non-hydrogen) atoms. The van der Waals surface area contributed by atoms with E-state index in [9.17, 15) is 69.9 Å². The summed E-state index contributed by atoms with van der Waals surface area (Å²) in [5.74, 6) is -16.4. The highest BCUT2D eigenvalue weighted by molar-refractivity contribution is 6.34. The number of rotatable bonds is 16. The van der Waals surface area contributed by atoms with Crippen LogP contribution in [0.1, 0.15) is 111 Å². The number of carbonyl (C=O) groups is 9. The van der Waals surface area contributed by atoms with Crippen molar-refractivity contribution in [1.29, 1.82) is 0 Å². The maximum absolute atomic E-state index is 16.2. The number of phenols is 3. The van der Waals surface area contributed by atoms with Crippen molar-refractivity contribution in [1.82, 2.24) is 42.5 Å². The number of aliphatic hydroxyl groups is 6. The molecule has 7 heterocycles. The number of benzene rings is 6. The fraction of sp³-hybridized carbons (Fsp3) is 0.400. The summed E-state index contributed by atoms with van der Waals surface area (Å²) in [6.07, 6.45) is -18.8. The Morgan fingerprint density at radius 3 is 1.93 bits per heavy atom. The van der Waals surface area contributed by atoms with Gasteiger partial charge in [-0.15, -0.1) is 0 Å². The van der Waals surface area contributed by atoms with Crippen LogP contribution in [0.4, 0.5) is 5.69 Å². The number of primary amides is 1. The number of hydrogen-bond acceptors (Lipinski definition) is 26. The van der Waals surface area contributed by atoms with Crippen LogP contribution in [0.3, 0.4) is 0 Å². The molecule has 0 aliphatic carbocycles. The minimum atomic E-state index is -2.37. The Morgan fingerprint density at radius 2 is 1.32 bits per heavy atom. The molecular formula is C75H84Cl3N11O24. The minimum absolute atomic E-state index is 0.110. The molecule has 2 fully saturated rings. The topological polar surface area (TPSA) is 551 Å². The summed E-state index contributed by atoms with van der Waals surface area (Å²) in [6, 6.07) is 4.11. The number of anilines is 1. The van der Waals surface area contributed by atoms with Gasteiger partial charge in [0.15, 0.2) is 23.9 Å². The number of aromatic hydroxyl groups is 3. The molecule has 0 saturated carbocycles. The molecule has 18 atom stereocenters. The van der Waals surface area contributed by atoms with Crippen LogP contribution in [-0.2, 0) is 57.4 Å². The van der Waals surface area contributed by atoms with E-state index in [4.69, 9.17) is 74.7 Å². The smallest absolute Gasteiger partial charge is 0.248 e. The Morgan fingerprint density at radius 1 is 0.690 bits per heavy atom. The Hall–Kier alpha value is -10.2. The highest BCUT2D eigenvalue weighted by Crippen LogP contribution is 2.50. The highest BCUT2D eigenvalue weighted by atomic mass is 35.5. The number of likely N-dealkylation sites (N-methyl/N-ethyl adjacent to an activating group) is 1. The number of carbonyl (C=O) groups excluding carboxylic acids is 9. The lowest BCUT2D eigenvalue weighted by Crippen LogP contribution is -2.64. The lowest BCUT2D eigenvalue weighted by molar-refractivity contribution is -0.333. The number of phenolic OH excluding ortho intramolecular Hbond substituents is 3. The van der Waals surface area contributed by atoms with Gasteiger partial charge in [0.2, 0.25) is 65.2 Å². The number of fused-ring (bicyclic) bond motifs is 15. The van der Waals surface area contributed by atoms with Crippen molar-refractivity contribution in [2.45, 2.75) is 163 Å². The van der Waals surface area contributed by atoms with Crippen LogP contribution in [0.25, 0.3) is 11.1 Å². The molecule has 2 saturated heterocycles. The predicted octanol–water partition coefficient (Wildman–Crippen LogP) is 1.74. The van der Waals surface area contributed by atoms with Gasteiger partial charge in [0.1, 0.15) is 95.5 Å². The summed E-state index contributed by atoms with van der Waals surface area (Å²) >= 11 is 20.6. The van der Waals surface area contributed by atoms with Crippen molar-refractivity contribution in [3.8, 4) is 57.1 Å². The molecule has 0 spiro atoms. The fourth-order valence-electron chi connectivity index (χ4n) is 13.7. The van der Waals surface area contributed by atoms with Gasteiger partial charge in [-0.1, -0.05) is 72.9 Å². The van der Waals surface area contributed by atoms with Crippen LogP contribution in [0.5, 0.6) is 46.0 Å². The molecule has 35 nitrogen and oxygen atoms in total. The molecule has 604 valence electrons. The highest BCUT2D eigenvalue weighted by Gasteiger charge is 2.52. The van der Waals surface area contributed by atoms with Crippen molar-refractivity contribution in [3.05, 3.63) is 146 Å². The monoisotopic (exact) mass is 1630 g/mol. The van der Waals surface area contributed by atoms with E-state index in [1.165, 1.54) is 39.1 Å². The zero-order chi connectivity index (χ0) is 82.1. The molecule has 7 aliphatic rings. The number of nitrogens with two attached hydrogens (primary N) is 2. The van der Waals surface area contributed by atoms with Gasteiger partial charge in [0.25, 0.3) is 0 Å². The molecule has 6 aromatic carbocycles. The number of hydrogen-bond donors (Lipinski definition) is 20. The second-order valence-electron chi connectivity index (χ2n) is 28.6. The van der Waals surface area contributed by atoms with Crippen LogP contribution in [-0.4, -0.2) is 198 Å². The largest absolute Gasteiger partial charge is 0.508 e. The van der Waals surface area contributed by atoms with Crippen molar-refractivity contribution >= 4 is 93.7 Å². The summed E-state index contributed by atoms with van der Waals surface area (Å²) in [7, 11) is 1.47. The molecule has 7 aliphatic heterocycles. The van der Waals surface area contributed by atoms with E-state index in [0.29, 0.717) is 0 Å². The van der Waals surface area contributed by atoms with Gasteiger partial charge in [0, 0.05) is 29.2 Å². The van der Waals surface area contributed by atoms with Crippen molar-refractivity contribution in [2.75, 3.05) is 25.5 Å². The SMILES string of the molecule is CNC(CC(C)C)C(=O)NC1C(=O)NC(CC(N)=O)C(=O)NC2C(=O)NC3C(=O)NC(C(=O)NC(C(=O)NCC(=O)Nc4ccc(C)cc4Cl)c4cc(O)cc(O)c4-c4cc3ccc4O)C(O)c3ccc(c(Cl)c3)Oc3cc2cc(c3OC2OC(CO)C(O)C(O)C2OC2CC(C)(N)C(O)C(C)O2)Oc2ccc(cc2Cl)C1O. The number of ether oxygens (including phenoxy) is 6. The molecule has 0 aromatic heterocycles. The lowest BCUT2D eigenvalue weighted by atomic mass is 9.86. The predicted molar refractivity (Wildman–Crippen MR) is 399 cm³/mol. The van der Waals surface area contributed by atoms with Gasteiger partial charge < -0.3 is 134 Å². The Balaban J connectivity index is 1.13. The van der Waals surface area contributed by atoms with E-state index in [1.54, 1.807) is 19.1 Å². The number of halogens is 3. The molecule has 13 rings (SSSR count). The van der Waals surface area contributed by atoms with E-state index in [1.807, 2.05) is 13.8 Å². The Bertz CT molecular complexity index is 4710. The van der Waals surface area contributed by atoms with Crippen LogP contribution in [0, 0.1) is 12.8 Å². The maximum Gasteiger partial charge on any atom is 0.248 e. The number of aryl methyl sites for hydroxylation is 1. The number of aliphatic hydroxyl groups excluding tert-OH is 6. The molecule has 38 heteroatoms. The molecule has 18 unspecified atom stereocenters. The van der Waals surface area contributed by atoms with Crippen LogP contribution < -0.4 is 73.5 Å². The summed E-state index contributed by atoms with van der Waals surface area (Å²) in [4.78, 5) is 134.